The summed E-state index contributed by atoms with van der Waals surface area (Å²) in [5.74, 6) is 1.44. The Labute approximate surface area is 136 Å². The van der Waals surface area contributed by atoms with Crippen LogP contribution in [0.1, 0.15) is 43.0 Å². The minimum atomic E-state index is 0.0894. The van der Waals surface area contributed by atoms with E-state index in [0.717, 1.165) is 18.4 Å². The largest absolute Gasteiger partial charge is 0.333 e. The number of benzene rings is 1. The molecule has 2 aromatic rings. The Bertz CT molecular complexity index is 690. The van der Waals surface area contributed by atoms with Crippen molar-refractivity contribution < 1.29 is 4.79 Å². The van der Waals surface area contributed by atoms with Crippen LogP contribution in [-0.4, -0.2) is 32.9 Å². The highest BCUT2D eigenvalue weighted by molar-refractivity contribution is 5.94. The van der Waals surface area contributed by atoms with E-state index in [1.54, 1.807) is 12.4 Å². The average Bonchev–Trinajstić information content (AvgIpc) is 3.49. The smallest absolute Gasteiger partial charge is 0.257 e. The molecule has 0 radical (unpaired) electrons. The number of amides is 1. The Balaban J connectivity index is 1.55. The lowest BCUT2D eigenvalue weighted by atomic mass is 10.1. The summed E-state index contributed by atoms with van der Waals surface area (Å²) < 4.78 is 0. The fourth-order valence-corrected chi connectivity index (χ4v) is 3.17. The van der Waals surface area contributed by atoms with Crippen molar-refractivity contribution in [2.24, 2.45) is 5.92 Å². The van der Waals surface area contributed by atoms with Crippen LogP contribution in [0.3, 0.4) is 0 Å². The zero-order valence-corrected chi connectivity index (χ0v) is 13.4. The molecule has 2 fully saturated rings. The molecule has 1 amide bonds. The van der Waals surface area contributed by atoms with Gasteiger partial charge in [0.1, 0.15) is 0 Å². The van der Waals surface area contributed by atoms with Gasteiger partial charge in [0.2, 0.25) is 0 Å². The van der Waals surface area contributed by atoms with Gasteiger partial charge in [-0.25, -0.2) is 9.97 Å². The van der Waals surface area contributed by atoms with Gasteiger partial charge in [-0.3, -0.25) is 4.79 Å². The molecule has 23 heavy (non-hydrogen) atoms. The second-order valence-corrected chi connectivity index (χ2v) is 6.68. The summed E-state index contributed by atoms with van der Waals surface area (Å²) in [5.41, 5.74) is 1.57. The van der Waals surface area contributed by atoms with Gasteiger partial charge >= 0.3 is 0 Å². The van der Waals surface area contributed by atoms with E-state index in [9.17, 15) is 4.79 Å². The van der Waals surface area contributed by atoms with Gasteiger partial charge in [-0.2, -0.15) is 0 Å². The Hall–Kier alpha value is -2.23. The van der Waals surface area contributed by atoms with Crippen molar-refractivity contribution in [2.75, 3.05) is 0 Å². The highest BCUT2D eigenvalue weighted by Crippen LogP contribution is 2.40. The predicted octanol–water partition coefficient (Wildman–Crippen LogP) is 3.55. The third-order valence-electron chi connectivity index (χ3n) is 4.85. The van der Waals surface area contributed by atoms with Gasteiger partial charge in [0.05, 0.1) is 5.56 Å². The summed E-state index contributed by atoms with van der Waals surface area (Å²) in [6.07, 6.45) is 8.11. The van der Waals surface area contributed by atoms with Crippen LogP contribution < -0.4 is 0 Å². The summed E-state index contributed by atoms with van der Waals surface area (Å²) >= 11 is 0. The zero-order valence-electron chi connectivity index (χ0n) is 13.4. The van der Waals surface area contributed by atoms with Gasteiger partial charge in [0.25, 0.3) is 5.91 Å². The highest BCUT2D eigenvalue weighted by atomic mass is 16.2. The number of carbonyl (C=O) groups is 1. The van der Waals surface area contributed by atoms with Gasteiger partial charge in [0, 0.05) is 30.0 Å². The molecule has 1 aromatic carbocycles. The number of hydrogen-bond donors (Lipinski definition) is 0. The van der Waals surface area contributed by atoms with Crippen molar-refractivity contribution in [1.82, 2.24) is 14.9 Å². The molecule has 118 valence electrons. The molecule has 0 aliphatic heterocycles. The van der Waals surface area contributed by atoms with Crippen LogP contribution in [0.2, 0.25) is 0 Å². The maximum atomic E-state index is 12.9. The summed E-state index contributed by atoms with van der Waals surface area (Å²) in [4.78, 5) is 23.8. The first-order chi connectivity index (χ1) is 11.2. The SMILES string of the molecule is C[C@@H](C1CC1)N(C(=O)c1cnc(-c2ccccc2)nc1)C1CC1. The van der Waals surface area contributed by atoms with Crippen LogP contribution in [0.15, 0.2) is 42.7 Å². The Morgan fingerprint density at radius 3 is 2.30 bits per heavy atom. The molecule has 1 aromatic heterocycles. The number of hydrogen-bond acceptors (Lipinski definition) is 3. The first-order valence-electron chi connectivity index (χ1n) is 8.44. The van der Waals surface area contributed by atoms with E-state index in [-0.39, 0.29) is 5.91 Å². The molecule has 0 saturated heterocycles. The molecular formula is C19H21N3O. The molecule has 2 aliphatic carbocycles. The van der Waals surface area contributed by atoms with Gasteiger partial charge in [-0.15, -0.1) is 0 Å². The van der Waals surface area contributed by atoms with E-state index < -0.39 is 0 Å². The van der Waals surface area contributed by atoms with E-state index in [0.29, 0.717) is 29.4 Å². The van der Waals surface area contributed by atoms with E-state index >= 15 is 0 Å². The summed E-state index contributed by atoms with van der Waals surface area (Å²) in [6.45, 7) is 2.19. The van der Waals surface area contributed by atoms with Crippen LogP contribution in [0, 0.1) is 5.92 Å². The lowest BCUT2D eigenvalue weighted by Gasteiger charge is -2.29. The topological polar surface area (TPSA) is 46.1 Å². The lowest BCUT2D eigenvalue weighted by Crippen LogP contribution is -2.41. The number of rotatable bonds is 5. The first-order valence-corrected chi connectivity index (χ1v) is 8.44. The Morgan fingerprint density at radius 2 is 1.74 bits per heavy atom. The van der Waals surface area contributed by atoms with Crippen LogP contribution >= 0.6 is 0 Å². The standard InChI is InChI=1S/C19H21N3O/c1-13(14-7-8-14)22(17-9-10-17)19(23)16-11-20-18(21-12-16)15-5-3-2-4-6-15/h2-6,11-14,17H,7-10H2,1H3/t13-/m0/s1. The molecule has 0 bridgehead atoms. The maximum Gasteiger partial charge on any atom is 0.257 e. The van der Waals surface area contributed by atoms with E-state index in [4.69, 9.17) is 0 Å². The molecule has 0 unspecified atom stereocenters. The third kappa shape index (κ3) is 2.98. The fourth-order valence-electron chi connectivity index (χ4n) is 3.17. The zero-order chi connectivity index (χ0) is 15.8. The van der Waals surface area contributed by atoms with Gasteiger partial charge in [0.15, 0.2) is 5.82 Å². The van der Waals surface area contributed by atoms with E-state index in [2.05, 4.69) is 21.8 Å². The van der Waals surface area contributed by atoms with Crippen LogP contribution in [0.4, 0.5) is 0 Å². The van der Waals surface area contributed by atoms with Gasteiger partial charge in [-0.05, 0) is 38.5 Å². The summed E-state index contributed by atoms with van der Waals surface area (Å²) in [5, 5.41) is 0. The summed E-state index contributed by atoms with van der Waals surface area (Å²) in [7, 11) is 0. The molecule has 4 nitrogen and oxygen atoms in total. The molecule has 2 aliphatic rings. The third-order valence-corrected chi connectivity index (χ3v) is 4.85. The second kappa shape index (κ2) is 5.76. The molecule has 4 rings (SSSR count). The van der Waals surface area contributed by atoms with E-state index in [1.807, 2.05) is 30.3 Å². The molecule has 1 heterocycles. The molecule has 0 spiro atoms. The number of aromatic nitrogens is 2. The van der Waals surface area contributed by atoms with Crippen molar-refractivity contribution >= 4 is 5.91 Å². The van der Waals surface area contributed by atoms with Crippen LogP contribution in [-0.2, 0) is 0 Å². The van der Waals surface area contributed by atoms with Crippen molar-refractivity contribution in [3.8, 4) is 11.4 Å². The van der Waals surface area contributed by atoms with Crippen molar-refractivity contribution in [1.29, 1.82) is 0 Å². The Kier molecular flexibility index (Phi) is 3.60. The molecular weight excluding hydrogens is 286 g/mol. The number of nitrogens with zero attached hydrogens (tertiary/aromatic N) is 3. The van der Waals surface area contributed by atoms with E-state index in [1.165, 1.54) is 12.8 Å². The molecule has 0 N–H and O–H groups in total. The highest BCUT2D eigenvalue weighted by Gasteiger charge is 2.42. The number of carbonyl (C=O) groups excluding carboxylic acids is 1. The minimum absolute atomic E-state index is 0.0894. The normalized spacial score (nSPS) is 18.5. The fraction of sp³-hybridized carbons (Fsp3) is 0.421. The molecule has 1 atom stereocenters. The second-order valence-electron chi connectivity index (χ2n) is 6.68. The lowest BCUT2D eigenvalue weighted by molar-refractivity contribution is 0.0653. The maximum absolute atomic E-state index is 12.9. The van der Waals surface area contributed by atoms with Gasteiger partial charge in [-0.1, -0.05) is 30.3 Å². The summed E-state index contributed by atoms with van der Waals surface area (Å²) in [6, 6.07) is 10.6. The van der Waals surface area contributed by atoms with Crippen molar-refractivity contribution in [3.05, 3.63) is 48.3 Å². The van der Waals surface area contributed by atoms with Crippen LogP contribution in [0.25, 0.3) is 11.4 Å². The molecule has 4 heteroatoms. The first kappa shape index (κ1) is 14.4. The Morgan fingerprint density at radius 1 is 1.09 bits per heavy atom. The van der Waals surface area contributed by atoms with Crippen molar-refractivity contribution in [3.63, 3.8) is 0 Å². The van der Waals surface area contributed by atoms with Crippen molar-refractivity contribution in [2.45, 2.75) is 44.7 Å². The minimum Gasteiger partial charge on any atom is -0.333 e. The van der Waals surface area contributed by atoms with Crippen LogP contribution in [0.5, 0.6) is 0 Å². The monoisotopic (exact) mass is 307 g/mol. The quantitative estimate of drug-likeness (QED) is 0.848. The van der Waals surface area contributed by atoms with Gasteiger partial charge < -0.3 is 4.90 Å². The predicted molar refractivity (Wildman–Crippen MR) is 88.8 cm³/mol. The molecule has 2 saturated carbocycles. The average molecular weight is 307 g/mol.